The van der Waals surface area contributed by atoms with Gasteiger partial charge in [0.25, 0.3) is 0 Å². The molecule has 6 nitrogen and oxygen atoms in total. The molecule has 3 rings (SSSR count). The number of cyclic esters (lactones) is 1. The number of aryl methyl sites for hydroxylation is 1. The third-order valence-corrected chi connectivity index (χ3v) is 6.94. The third-order valence-electron chi connectivity index (χ3n) is 6.15. The lowest BCUT2D eigenvalue weighted by molar-refractivity contribution is -0.133. The summed E-state index contributed by atoms with van der Waals surface area (Å²) in [5, 5.41) is 13.4. The van der Waals surface area contributed by atoms with Crippen LogP contribution in [0.5, 0.6) is 0 Å². The fraction of sp³-hybridized carbons (Fsp3) is 0.444. The van der Waals surface area contributed by atoms with E-state index in [0.29, 0.717) is 12.8 Å². The molecule has 0 spiro atoms. The Morgan fingerprint density at radius 3 is 2.74 bits per heavy atom. The lowest BCUT2D eigenvalue weighted by atomic mass is 9.98. The number of hydrogen-bond donors (Lipinski definition) is 1. The molecule has 1 aromatic heterocycles. The fourth-order valence-electron chi connectivity index (χ4n) is 4.01. The SMILES string of the molecule is CC(=CCC(O)C(C)=Cc1csc(C)n1)CCCC(C)C(=O)N1C(=O)OCC1c1ccccc1. The molecule has 0 aliphatic carbocycles. The first-order valence-corrected chi connectivity index (χ1v) is 12.6. The molecule has 1 fully saturated rings. The van der Waals surface area contributed by atoms with E-state index in [4.69, 9.17) is 4.74 Å². The molecule has 34 heavy (non-hydrogen) atoms. The number of carbonyl (C=O) groups excluding carboxylic acids is 2. The van der Waals surface area contributed by atoms with Crippen LogP contribution in [-0.4, -0.2) is 39.7 Å². The quantitative estimate of drug-likeness (QED) is 0.415. The number of rotatable bonds is 10. The highest BCUT2D eigenvalue weighted by Crippen LogP contribution is 2.30. The summed E-state index contributed by atoms with van der Waals surface area (Å²) in [5.41, 5.74) is 3.85. The van der Waals surface area contributed by atoms with Gasteiger partial charge in [-0.1, -0.05) is 48.9 Å². The normalized spacial score (nSPS) is 18.7. The van der Waals surface area contributed by atoms with Crippen molar-refractivity contribution in [2.75, 3.05) is 6.61 Å². The van der Waals surface area contributed by atoms with Crippen LogP contribution in [0.4, 0.5) is 4.79 Å². The van der Waals surface area contributed by atoms with Crippen LogP contribution in [0.15, 0.2) is 52.9 Å². The third kappa shape index (κ3) is 6.87. The maximum atomic E-state index is 13.0. The van der Waals surface area contributed by atoms with E-state index >= 15 is 0 Å². The van der Waals surface area contributed by atoms with Crippen LogP contribution in [0.2, 0.25) is 0 Å². The number of ether oxygens (including phenoxy) is 1. The topological polar surface area (TPSA) is 79.7 Å². The van der Waals surface area contributed by atoms with E-state index in [0.717, 1.165) is 34.7 Å². The van der Waals surface area contributed by atoms with Crippen LogP contribution in [0, 0.1) is 12.8 Å². The van der Waals surface area contributed by atoms with Crippen LogP contribution >= 0.6 is 11.3 Å². The molecule has 2 aromatic rings. The highest BCUT2D eigenvalue weighted by atomic mass is 32.1. The van der Waals surface area contributed by atoms with Crippen LogP contribution in [0.25, 0.3) is 6.08 Å². The van der Waals surface area contributed by atoms with Gasteiger partial charge in [-0.3, -0.25) is 4.79 Å². The number of amides is 2. The zero-order valence-corrected chi connectivity index (χ0v) is 21.2. The molecule has 2 amide bonds. The number of imide groups is 1. The second kappa shape index (κ2) is 12.1. The largest absolute Gasteiger partial charge is 0.446 e. The van der Waals surface area contributed by atoms with Gasteiger partial charge in [0.1, 0.15) is 12.6 Å². The van der Waals surface area contributed by atoms with Crippen molar-refractivity contribution in [1.82, 2.24) is 9.88 Å². The predicted molar refractivity (Wildman–Crippen MR) is 135 cm³/mol. The van der Waals surface area contributed by atoms with E-state index in [9.17, 15) is 14.7 Å². The van der Waals surface area contributed by atoms with Crippen molar-refractivity contribution in [3.8, 4) is 0 Å². The summed E-state index contributed by atoms with van der Waals surface area (Å²) in [6.07, 6.45) is 5.77. The molecule has 3 unspecified atom stereocenters. The van der Waals surface area contributed by atoms with Gasteiger partial charge in [-0.15, -0.1) is 11.3 Å². The van der Waals surface area contributed by atoms with E-state index in [1.807, 2.05) is 69.5 Å². The molecule has 182 valence electrons. The van der Waals surface area contributed by atoms with Crippen molar-refractivity contribution < 1.29 is 19.4 Å². The summed E-state index contributed by atoms with van der Waals surface area (Å²) in [6.45, 7) is 7.99. The number of hydrogen-bond acceptors (Lipinski definition) is 6. The molecule has 1 aliphatic rings. The average Bonchev–Trinajstić information content (AvgIpc) is 3.42. The molecule has 2 heterocycles. The Morgan fingerprint density at radius 2 is 2.06 bits per heavy atom. The zero-order valence-electron chi connectivity index (χ0n) is 20.4. The number of thiazole rings is 1. The Bertz CT molecular complexity index is 1040. The van der Waals surface area contributed by atoms with Crippen molar-refractivity contribution in [3.05, 3.63) is 69.2 Å². The Balaban J connectivity index is 1.47. The molecule has 1 saturated heterocycles. The Morgan fingerprint density at radius 1 is 1.32 bits per heavy atom. The predicted octanol–water partition coefficient (Wildman–Crippen LogP) is 6.08. The maximum absolute atomic E-state index is 13.0. The van der Waals surface area contributed by atoms with Crippen molar-refractivity contribution in [1.29, 1.82) is 0 Å². The highest BCUT2D eigenvalue weighted by molar-refractivity contribution is 7.09. The number of allylic oxidation sites excluding steroid dienone is 1. The molecule has 7 heteroatoms. The van der Waals surface area contributed by atoms with Crippen molar-refractivity contribution in [3.63, 3.8) is 0 Å². The summed E-state index contributed by atoms with van der Waals surface area (Å²) in [4.78, 5) is 31.0. The molecule has 1 N–H and O–H groups in total. The standard InChI is InChI=1S/C27H34N2O4S/c1-18(13-14-25(30)20(3)15-23-17-34-21(4)28-23)9-8-10-19(2)26(31)29-24(16-33-27(29)32)22-11-6-5-7-12-22/h5-7,11-13,15,17,19,24-25,30H,8-10,14,16H2,1-4H3. The minimum atomic E-state index is -0.563. The Kier molecular flexibility index (Phi) is 9.19. The van der Waals surface area contributed by atoms with Crippen LogP contribution in [-0.2, 0) is 9.53 Å². The van der Waals surface area contributed by atoms with E-state index in [1.165, 1.54) is 10.5 Å². The maximum Gasteiger partial charge on any atom is 0.417 e. The molecule has 0 bridgehead atoms. The monoisotopic (exact) mass is 482 g/mol. The first-order valence-electron chi connectivity index (χ1n) is 11.7. The number of aromatic nitrogens is 1. The van der Waals surface area contributed by atoms with Gasteiger partial charge in [0.2, 0.25) is 5.91 Å². The zero-order chi connectivity index (χ0) is 24.7. The van der Waals surface area contributed by atoms with Gasteiger partial charge >= 0.3 is 6.09 Å². The van der Waals surface area contributed by atoms with Gasteiger partial charge in [-0.05, 0) is 63.7 Å². The number of carbonyl (C=O) groups is 2. The van der Waals surface area contributed by atoms with Gasteiger partial charge in [0, 0.05) is 11.3 Å². The Labute approximate surface area is 206 Å². The van der Waals surface area contributed by atoms with Gasteiger partial charge in [-0.25, -0.2) is 14.7 Å². The molecule has 1 aliphatic heterocycles. The van der Waals surface area contributed by atoms with Gasteiger partial charge in [-0.2, -0.15) is 0 Å². The molecule has 1 aromatic carbocycles. The second-order valence-corrected chi connectivity index (χ2v) is 10.0. The highest BCUT2D eigenvalue weighted by Gasteiger charge is 2.40. The number of benzene rings is 1. The van der Waals surface area contributed by atoms with E-state index in [1.54, 1.807) is 11.3 Å². The first-order chi connectivity index (χ1) is 16.3. The summed E-state index contributed by atoms with van der Waals surface area (Å²) < 4.78 is 5.18. The number of nitrogens with zero attached hydrogens (tertiary/aromatic N) is 2. The Hall–Kier alpha value is -2.77. The van der Waals surface area contributed by atoms with Gasteiger partial charge in [0.05, 0.1) is 16.8 Å². The van der Waals surface area contributed by atoms with Crippen molar-refractivity contribution >= 4 is 29.4 Å². The van der Waals surface area contributed by atoms with Crippen molar-refractivity contribution in [2.24, 2.45) is 5.92 Å². The summed E-state index contributed by atoms with van der Waals surface area (Å²) >= 11 is 1.59. The lowest BCUT2D eigenvalue weighted by Gasteiger charge is -2.23. The smallest absolute Gasteiger partial charge is 0.417 e. The fourth-order valence-corrected chi connectivity index (χ4v) is 4.58. The average molecular weight is 483 g/mol. The molecular weight excluding hydrogens is 448 g/mol. The van der Waals surface area contributed by atoms with Gasteiger partial charge in [0.15, 0.2) is 0 Å². The minimum Gasteiger partial charge on any atom is -0.446 e. The summed E-state index contributed by atoms with van der Waals surface area (Å²) in [5.74, 6) is -0.464. The summed E-state index contributed by atoms with van der Waals surface area (Å²) in [7, 11) is 0. The summed E-state index contributed by atoms with van der Waals surface area (Å²) in [6, 6.07) is 9.16. The number of aliphatic hydroxyl groups excluding tert-OH is 1. The van der Waals surface area contributed by atoms with E-state index < -0.39 is 12.2 Å². The van der Waals surface area contributed by atoms with Crippen LogP contribution in [0.1, 0.15) is 68.8 Å². The first kappa shape index (κ1) is 25.8. The van der Waals surface area contributed by atoms with Crippen LogP contribution < -0.4 is 0 Å². The van der Waals surface area contributed by atoms with E-state index in [-0.39, 0.29) is 24.5 Å². The molecular formula is C27H34N2O4S. The van der Waals surface area contributed by atoms with Crippen molar-refractivity contribution in [2.45, 2.75) is 65.5 Å². The lowest BCUT2D eigenvalue weighted by Crippen LogP contribution is -2.37. The van der Waals surface area contributed by atoms with E-state index in [2.05, 4.69) is 11.1 Å². The number of aliphatic hydroxyl groups is 1. The minimum absolute atomic E-state index is 0.188. The molecule has 3 atom stereocenters. The molecule has 0 radical (unpaired) electrons. The molecule has 0 saturated carbocycles. The van der Waals surface area contributed by atoms with Crippen LogP contribution in [0.3, 0.4) is 0 Å². The van der Waals surface area contributed by atoms with Gasteiger partial charge < -0.3 is 9.84 Å². The second-order valence-electron chi connectivity index (χ2n) is 8.99.